The maximum absolute atomic E-state index is 3.82. The van der Waals surface area contributed by atoms with E-state index in [0.717, 1.165) is 17.9 Å². The molecule has 0 radical (unpaired) electrons. The Morgan fingerprint density at radius 2 is 1.90 bits per heavy atom. The van der Waals surface area contributed by atoms with Gasteiger partial charge in [-0.2, -0.15) is 0 Å². The monoisotopic (exact) mass is 277 g/mol. The van der Waals surface area contributed by atoms with Gasteiger partial charge in [-0.1, -0.05) is 39.2 Å². The lowest BCUT2D eigenvalue weighted by Crippen LogP contribution is -2.36. The van der Waals surface area contributed by atoms with Crippen LogP contribution >= 0.6 is 0 Å². The number of rotatable bonds is 9. The summed E-state index contributed by atoms with van der Waals surface area (Å²) in [5, 5.41) is 3.78. The lowest BCUT2D eigenvalue weighted by molar-refractivity contribution is 0.107. The summed E-state index contributed by atoms with van der Waals surface area (Å²) < 4.78 is 0. The van der Waals surface area contributed by atoms with Gasteiger partial charge in [-0.25, -0.2) is 0 Å². The Bertz CT molecular complexity index is 288. The molecule has 2 fully saturated rings. The molecule has 20 heavy (non-hydrogen) atoms. The Morgan fingerprint density at radius 3 is 2.60 bits per heavy atom. The minimum absolute atomic E-state index is 0.585. The summed E-state index contributed by atoms with van der Waals surface area (Å²) in [5.41, 5.74) is 0.585. The number of unbranched alkanes of at least 4 members (excludes halogenated alkanes) is 3. The molecule has 0 aromatic rings. The summed E-state index contributed by atoms with van der Waals surface area (Å²) >= 11 is 0. The van der Waals surface area contributed by atoms with Crippen molar-refractivity contribution < 1.29 is 0 Å². The standard InChI is InChI=1S/C19H35N/c1-4-5-6-7-8-9-16-14-19(2,3)13-12-17(16)15-20-18-10-11-18/h4,16-18,20H,1,5-15H2,2-3H3. The van der Waals surface area contributed by atoms with Gasteiger partial charge >= 0.3 is 0 Å². The Balaban J connectivity index is 1.73. The average Bonchev–Trinajstić information content (AvgIpc) is 3.21. The molecule has 0 aromatic heterocycles. The summed E-state index contributed by atoms with van der Waals surface area (Å²) in [6.45, 7) is 10.1. The van der Waals surface area contributed by atoms with E-state index in [4.69, 9.17) is 0 Å². The van der Waals surface area contributed by atoms with Gasteiger partial charge in [-0.3, -0.25) is 0 Å². The molecule has 2 atom stereocenters. The van der Waals surface area contributed by atoms with Gasteiger partial charge in [-0.15, -0.1) is 6.58 Å². The first-order valence-electron chi connectivity index (χ1n) is 8.95. The van der Waals surface area contributed by atoms with Crippen molar-refractivity contribution in [1.29, 1.82) is 0 Å². The van der Waals surface area contributed by atoms with Gasteiger partial charge in [0.2, 0.25) is 0 Å². The summed E-state index contributed by atoms with van der Waals surface area (Å²) in [4.78, 5) is 0. The SMILES string of the molecule is C=CCCCCCC1CC(C)(C)CCC1CNC1CC1. The zero-order chi connectivity index (χ0) is 14.4. The molecule has 2 saturated carbocycles. The van der Waals surface area contributed by atoms with Gasteiger partial charge in [0.15, 0.2) is 0 Å². The van der Waals surface area contributed by atoms with Gasteiger partial charge in [0.1, 0.15) is 0 Å². The minimum Gasteiger partial charge on any atom is -0.314 e. The molecular formula is C19H35N. The van der Waals surface area contributed by atoms with Crippen LogP contribution in [0.15, 0.2) is 12.7 Å². The highest BCUT2D eigenvalue weighted by Crippen LogP contribution is 2.43. The van der Waals surface area contributed by atoms with Gasteiger partial charge in [-0.05, 0) is 68.7 Å². The Hall–Kier alpha value is -0.300. The van der Waals surface area contributed by atoms with E-state index >= 15 is 0 Å². The molecule has 2 unspecified atom stereocenters. The fourth-order valence-electron chi connectivity index (χ4n) is 3.87. The van der Waals surface area contributed by atoms with Crippen molar-refractivity contribution in [3.05, 3.63) is 12.7 Å². The van der Waals surface area contributed by atoms with Crippen molar-refractivity contribution in [2.75, 3.05) is 6.54 Å². The Labute approximate surface area is 126 Å². The first kappa shape index (κ1) is 16.1. The molecule has 0 saturated heterocycles. The highest BCUT2D eigenvalue weighted by molar-refractivity contribution is 4.88. The number of hydrogen-bond acceptors (Lipinski definition) is 1. The quantitative estimate of drug-likeness (QED) is 0.444. The van der Waals surface area contributed by atoms with Crippen LogP contribution in [0.5, 0.6) is 0 Å². The van der Waals surface area contributed by atoms with Crippen molar-refractivity contribution >= 4 is 0 Å². The van der Waals surface area contributed by atoms with Gasteiger partial charge in [0, 0.05) is 6.04 Å². The molecule has 1 heteroatoms. The molecule has 1 nitrogen and oxygen atoms in total. The zero-order valence-electron chi connectivity index (χ0n) is 13.8. The van der Waals surface area contributed by atoms with Crippen LogP contribution in [0.2, 0.25) is 0 Å². The molecule has 2 aliphatic rings. The summed E-state index contributed by atoms with van der Waals surface area (Å²) in [6, 6.07) is 0.873. The predicted molar refractivity (Wildman–Crippen MR) is 88.9 cm³/mol. The summed E-state index contributed by atoms with van der Waals surface area (Å²) in [5.74, 6) is 1.91. The van der Waals surface area contributed by atoms with Crippen LogP contribution in [0.25, 0.3) is 0 Å². The second kappa shape index (κ2) is 7.64. The molecule has 0 spiro atoms. The zero-order valence-corrected chi connectivity index (χ0v) is 13.8. The predicted octanol–water partition coefficient (Wildman–Crippen LogP) is 5.32. The smallest absolute Gasteiger partial charge is 0.00683 e. The van der Waals surface area contributed by atoms with Gasteiger partial charge < -0.3 is 5.32 Å². The molecule has 0 bridgehead atoms. The highest BCUT2D eigenvalue weighted by Gasteiger charge is 2.35. The van der Waals surface area contributed by atoms with Gasteiger partial charge in [0.05, 0.1) is 0 Å². The van der Waals surface area contributed by atoms with Crippen LogP contribution in [-0.2, 0) is 0 Å². The molecule has 2 aliphatic carbocycles. The molecule has 1 N–H and O–H groups in total. The van der Waals surface area contributed by atoms with Gasteiger partial charge in [0.25, 0.3) is 0 Å². The number of hydrogen-bond donors (Lipinski definition) is 1. The molecule has 0 aromatic carbocycles. The molecular weight excluding hydrogens is 242 g/mol. The molecule has 0 amide bonds. The van der Waals surface area contributed by atoms with Crippen molar-refractivity contribution in [1.82, 2.24) is 5.32 Å². The third-order valence-electron chi connectivity index (χ3n) is 5.40. The van der Waals surface area contributed by atoms with Crippen LogP contribution in [0.3, 0.4) is 0 Å². The fraction of sp³-hybridized carbons (Fsp3) is 0.895. The van der Waals surface area contributed by atoms with Crippen LogP contribution in [-0.4, -0.2) is 12.6 Å². The van der Waals surface area contributed by atoms with E-state index in [9.17, 15) is 0 Å². The fourth-order valence-corrected chi connectivity index (χ4v) is 3.87. The van der Waals surface area contributed by atoms with E-state index in [1.807, 2.05) is 0 Å². The third kappa shape index (κ3) is 5.60. The number of nitrogens with one attached hydrogen (secondary N) is 1. The van der Waals surface area contributed by atoms with Crippen LogP contribution in [0.4, 0.5) is 0 Å². The van der Waals surface area contributed by atoms with Crippen LogP contribution in [0.1, 0.15) is 78.1 Å². The first-order chi connectivity index (χ1) is 9.61. The maximum Gasteiger partial charge on any atom is 0.00683 e. The van der Waals surface area contributed by atoms with E-state index < -0.39 is 0 Å². The summed E-state index contributed by atoms with van der Waals surface area (Å²) in [7, 11) is 0. The molecule has 0 heterocycles. The average molecular weight is 277 g/mol. The van der Waals surface area contributed by atoms with E-state index in [1.165, 1.54) is 70.8 Å². The lowest BCUT2D eigenvalue weighted by Gasteiger charge is -2.41. The third-order valence-corrected chi connectivity index (χ3v) is 5.40. The summed E-state index contributed by atoms with van der Waals surface area (Å²) in [6.07, 6.45) is 16.0. The Morgan fingerprint density at radius 1 is 1.10 bits per heavy atom. The highest BCUT2D eigenvalue weighted by atomic mass is 14.9. The van der Waals surface area contributed by atoms with Crippen LogP contribution in [0, 0.1) is 17.3 Å². The van der Waals surface area contributed by atoms with E-state index in [0.29, 0.717) is 5.41 Å². The van der Waals surface area contributed by atoms with E-state index in [-0.39, 0.29) is 0 Å². The van der Waals surface area contributed by atoms with Crippen LogP contribution < -0.4 is 5.32 Å². The lowest BCUT2D eigenvalue weighted by atomic mass is 9.66. The topological polar surface area (TPSA) is 12.0 Å². The van der Waals surface area contributed by atoms with Crippen molar-refractivity contribution in [2.24, 2.45) is 17.3 Å². The van der Waals surface area contributed by atoms with E-state index in [1.54, 1.807) is 0 Å². The number of allylic oxidation sites excluding steroid dienone is 1. The molecule has 116 valence electrons. The van der Waals surface area contributed by atoms with Crippen molar-refractivity contribution in [3.8, 4) is 0 Å². The van der Waals surface area contributed by atoms with Crippen molar-refractivity contribution in [3.63, 3.8) is 0 Å². The minimum atomic E-state index is 0.585. The molecule has 0 aliphatic heterocycles. The van der Waals surface area contributed by atoms with Crippen molar-refractivity contribution in [2.45, 2.75) is 84.1 Å². The normalized spacial score (nSPS) is 29.3. The first-order valence-corrected chi connectivity index (χ1v) is 8.95. The molecule has 2 rings (SSSR count). The maximum atomic E-state index is 3.82. The largest absolute Gasteiger partial charge is 0.314 e. The second-order valence-corrected chi connectivity index (χ2v) is 8.04. The second-order valence-electron chi connectivity index (χ2n) is 8.04. The van der Waals surface area contributed by atoms with E-state index in [2.05, 4.69) is 31.8 Å². The Kier molecular flexibility index (Phi) is 6.14.